The molecule has 0 atom stereocenters. The smallest absolute Gasteiger partial charge is 0.238 e. The highest BCUT2D eigenvalue weighted by Gasteiger charge is 2.07. The SMILES string of the molecule is N#Cc1cc(Cl)ccc1NCc1ccc(S(N)(=O)=O)cc1. The molecule has 0 aliphatic carbocycles. The molecule has 0 heterocycles. The van der Waals surface area contributed by atoms with Crippen molar-refractivity contribution in [2.45, 2.75) is 11.4 Å². The summed E-state index contributed by atoms with van der Waals surface area (Å²) in [7, 11) is -3.68. The molecule has 108 valence electrons. The number of halogens is 1. The van der Waals surface area contributed by atoms with Crippen molar-refractivity contribution in [3.8, 4) is 6.07 Å². The largest absolute Gasteiger partial charge is 0.380 e. The lowest BCUT2D eigenvalue weighted by Crippen LogP contribution is -2.12. The molecule has 0 radical (unpaired) electrons. The number of sulfonamides is 1. The van der Waals surface area contributed by atoms with Gasteiger partial charge in [-0.05, 0) is 35.9 Å². The molecule has 0 aliphatic rings. The lowest BCUT2D eigenvalue weighted by Gasteiger charge is -2.09. The Kier molecular flexibility index (Phi) is 4.48. The van der Waals surface area contributed by atoms with Crippen molar-refractivity contribution in [1.82, 2.24) is 0 Å². The number of nitriles is 1. The Hall–Kier alpha value is -2.07. The zero-order valence-electron chi connectivity index (χ0n) is 10.9. The van der Waals surface area contributed by atoms with Crippen molar-refractivity contribution in [1.29, 1.82) is 5.26 Å². The van der Waals surface area contributed by atoms with E-state index in [9.17, 15) is 8.42 Å². The molecule has 0 bridgehead atoms. The minimum Gasteiger partial charge on any atom is -0.380 e. The van der Waals surface area contributed by atoms with Crippen molar-refractivity contribution in [2.75, 3.05) is 5.32 Å². The molecule has 7 heteroatoms. The van der Waals surface area contributed by atoms with E-state index in [0.717, 1.165) is 5.56 Å². The van der Waals surface area contributed by atoms with Gasteiger partial charge in [0.05, 0.1) is 16.1 Å². The number of primary sulfonamides is 1. The molecule has 0 aliphatic heterocycles. The highest BCUT2D eigenvalue weighted by atomic mass is 35.5. The summed E-state index contributed by atoms with van der Waals surface area (Å²) in [6.07, 6.45) is 0. The second-order valence-corrected chi connectivity index (χ2v) is 6.34. The monoisotopic (exact) mass is 321 g/mol. The Balaban J connectivity index is 2.12. The lowest BCUT2D eigenvalue weighted by molar-refractivity contribution is 0.598. The Morgan fingerprint density at radius 3 is 2.43 bits per heavy atom. The van der Waals surface area contributed by atoms with Crippen LogP contribution >= 0.6 is 11.6 Å². The highest BCUT2D eigenvalue weighted by Crippen LogP contribution is 2.20. The van der Waals surface area contributed by atoms with E-state index in [1.54, 1.807) is 30.3 Å². The Morgan fingerprint density at radius 2 is 1.86 bits per heavy atom. The van der Waals surface area contributed by atoms with Gasteiger partial charge in [-0.15, -0.1) is 0 Å². The van der Waals surface area contributed by atoms with Crippen LogP contribution in [0.3, 0.4) is 0 Å². The number of nitrogens with zero attached hydrogens (tertiary/aromatic N) is 1. The summed E-state index contributed by atoms with van der Waals surface area (Å²) in [6, 6.07) is 13.3. The number of nitrogens with one attached hydrogen (secondary N) is 1. The van der Waals surface area contributed by atoms with E-state index in [1.807, 2.05) is 0 Å². The quantitative estimate of drug-likeness (QED) is 0.904. The van der Waals surface area contributed by atoms with Crippen molar-refractivity contribution in [2.24, 2.45) is 5.14 Å². The normalized spacial score (nSPS) is 10.9. The summed E-state index contributed by atoms with van der Waals surface area (Å²) >= 11 is 5.83. The number of nitrogens with two attached hydrogens (primary N) is 1. The van der Waals surface area contributed by atoms with Crippen LogP contribution in [0.4, 0.5) is 5.69 Å². The molecule has 2 aromatic rings. The van der Waals surface area contributed by atoms with Crippen LogP contribution < -0.4 is 10.5 Å². The molecule has 3 N–H and O–H groups in total. The average molecular weight is 322 g/mol. The van der Waals surface area contributed by atoms with Crippen LogP contribution in [0.25, 0.3) is 0 Å². The topological polar surface area (TPSA) is 96.0 Å². The van der Waals surface area contributed by atoms with Crippen LogP contribution in [-0.4, -0.2) is 8.42 Å². The fourth-order valence-electron chi connectivity index (χ4n) is 1.76. The van der Waals surface area contributed by atoms with Crippen LogP contribution in [0.5, 0.6) is 0 Å². The molecular weight excluding hydrogens is 310 g/mol. The zero-order valence-corrected chi connectivity index (χ0v) is 12.4. The van der Waals surface area contributed by atoms with E-state index in [1.165, 1.54) is 12.1 Å². The van der Waals surface area contributed by atoms with E-state index >= 15 is 0 Å². The van der Waals surface area contributed by atoms with E-state index in [-0.39, 0.29) is 4.90 Å². The van der Waals surface area contributed by atoms with E-state index in [4.69, 9.17) is 22.0 Å². The summed E-state index contributed by atoms with van der Waals surface area (Å²) in [4.78, 5) is 0.0652. The maximum atomic E-state index is 11.2. The van der Waals surface area contributed by atoms with Crippen LogP contribution in [-0.2, 0) is 16.6 Å². The number of hydrogen-bond acceptors (Lipinski definition) is 4. The van der Waals surface area contributed by atoms with Gasteiger partial charge in [-0.25, -0.2) is 13.6 Å². The van der Waals surface area contributed by atoms with E-state index in [0.29, 0.717) is 22.8 Å². The predicted octanol–water partition coefficient (Wildman–Crippen LogP) is 2.47. The molecule has 2 rings (SSSR count). The number of rotatable bonds is 4. The van der Waals surface area contributed by atoms with Gasteiger partial charge in [0.2, 0.25) is 10.0 Å². The van der Waals surface area contributed by atoms with Crippen LogP contribution in [0.2, 0.25) is 5.02 Å². The third kappa shape index (κ3) is 3.95. The lowest BCUT2D eigenvalue weighted by atomic mass is 10.1. The van der Waals surface area contributed by atoms with Crippen LogP contribution in [0.15, 0.2) is 47.4 Å². The van der Waals surface area contributed by atoms with Gasteiger partial charge in [0.15, 0.2) is 0 Å². The first kappa shape index (κ1) is 15.3. The van der Waals surface area contributed by atoms with E-state index in [2.05, 4.69) is 11.4 Å². The van der Waals surface area contributed by atoms with Crippen molar-refractivity contribution in [3.05, 3.63) is 58.6 Å². The molecule has 0 saturated carbocycles. The number of benzene rings is 2. The Labute approximate surface area is 128 Å². The Morgan fingerprint density at radius 1 is 1.19 bits per heavy atom. The third-order valence-corrected chi connectivity index (χ3v) is 4.00. The van der Waals surface area contributed by atoms with Gasteiger partial charge in [-0.1, -0.05) is 23.7 Å². The fourth-order valence-corrected chi connectivity index (χ4v) is 2.44. The first-order chi connectivity index (χ1) is 9.90. The van der Waals surface area contributed by atoms with Crippen molar-refractivity contribution < 1.29 is 8.42 Å². The second-order valence-electron chi connectivity index (χ2n) is 4.34. The average Bonchev–Trinajstić information content (AvgIpc) is 2.45. The summed E-state index contributed by atoms with van der Waals surface area (Å²) in [5.41, 5.74) is 1.97. The molecule has 0 spiro atoms. The fraction of sp³-hybridized carbons (Fsp3) is 0.0714. The predicted molar refractivity (Wildman–Crippen MR) is 81.3 cm³/mol. The van der Waals surface area contributed by atoms with Crippen molar-refractivity contribution >= 4 is 27.3 Å². The summed E-state index contributed by atoms with van der Waals surface area (Å²) in [6.45, 7) is 0.446. The van der Waals surface area contributed by atoms with Gasteiger partial charge in [0.25, 0.3) is 0 Å². The molecule has 21 heavy (non-hydrogen) atoms. The Bertz CT molecular complexity index is 796. The van der Waals surface area contributed by atoms with Gasteiger partial charge in [0.1, 0.15) is 6.07 Å². The van der Waals surface area contributed by atoms with Crippen LogP contribution in [0, 0.1) is 11.3 Å². The molecule has 2 aromatic carbocycles. The third-order valence-electron chi connectivity index (χ3n) is 2.84. The molecule has 5 nitrogen and oxygen atoms in total. The second kappa shape index (κ2) is 6.14. The van der Waals surface area contributed by atoms with E-state index < -0.39 is 10.0 Å². The summed E-state index contributed by atoms with van der Waals surface area (Å²) in [5.74, 6) is 0. The minimum atomic E-state index is -3.68. The summed E-state index contributed by atoms with van der Waals surface area (Å²) in [5, 5.41) is 17.7. The minimum absolute atomic E-state index is 0.0652. The summed E-state index contributed by atoms with van der Waals surface area (Å²) < 4.78 is 22.3. The molecule has 0 saturated heterocycles. The molecule has 0 fully saturated rings. The van der Waals surface area contributed by atoms with Gasteiger partial charge in [0, 0.05) is 11.6 Å². The van der Waals surface area contributed by atoms with Crippen LogP contribution in [0.1, 0.15) is 11.1 Å². The highest BCUT2D eigenvalue weighted by molar-refractivity contribution is 7.89. The first-order valence-electron chi connectivity index (χ1n) is 5.95. The molecule has 0 amide bonds. The molecular formula is C14H12ClN3O2S. The zero-order chi connectivity index (χ0) is 15.5. The number of anilines is 1. The van der Waals surface area contributed by atoms with Gasteiger partial charge >= 0.3 is 0 Å². The van der Waals surface area contributed by atoms with Gasteiger partial charge in [-0.3, -0.25) is 0 Å². The number of hydrogen-bond donors (Lipinski definition) is 2. The first-order valence-corrected chi connectivity index (χ1v) is 7.88. The maximum absolute atomic E-state index is 11.2. The van der Waals surface area contributed by atoms with Crippen molar-refractivity contribution in [3.63, 3.8) is 0 Å². The molecule has 0 unspecified atom stereocenters. The molecule has 0 aromatic heterocycles. The maximum Gasteiger partial charge on any atom is 0.238 e. The van der Waals surface area contributed by atoms with Gasteiger partial charge < -0.3 is 5.32 Å². The standard InChI is InChI=1S/C14H12ClN3O2S/c15-12-3-6-14(11(7-12)8-16)18-9-10-1-4-13(5-2-10)21(17,19)20/h1-7,18H,9H2,(H2,17,19,20). The van der Waals surface area contributed by atoms with Gasteiger partial charge in [-0.2, -0.15) is 5.26 Å².